The molecule has 1 aliphatic heterocycles. The van der Waals surface area contributed by atoms with Gasteiger partial charge < -0.3 is 15.4 Å². The van der Waals surface area contributed by atoms with Crippen LogP contribution in [0.4, 0.5) is 17.6 Å². The monoisotopic (exact) mass is 539 g/mol. The van der Waals surface area contributed by atoms with E-state index in [2.05, 4.69) is 15.0 Å². The van der Waals surface area contributed by atoms with Gasteiger partial charge in [0.05, 0.1) is 28.5 Å². The number of fused-ring (bicyclic) bond motifs is 9. The van der Waals surface area contributed by atoms with Crippen LogP contribution < -0.4 is 10.5 Å². The molecular formula is C26H21F4N7O2. The maximum atomic E-state index is 13.4. The summed E-state index contributed by atoms with van der Waals surface area (Å²) in [5.41, 5.74) is 8.69. The molecule has 4 aromatic rings. The summed E-state index contributed by atoms with van der Waals surface area (Å²) in [5.74, 6) is -3.44. The van der Waals surface area contributed by atoms with E-state index in [4.69, 9.17) is 15.6 Å². The topological polar surface area (TPSA) is 112 Å². The molecule has 0 saturated heterocycles. The Morgan fingerprint density at radius 2 is 1.87 bits per heavy atom. The molecule has 9 nitrogen and oxygen atoms in total. The highest BCUT2D eigenvalue weighted by Crippen LogP contribution is 2.53. The molecule has 2 bridgehead atoms. The number of carbonyl (C=O) groups is 1. The van der Waals surface area contributed by atoms with Gasteiger partial charge in [-0.1, -0.05) is 6.07 Å². The summed E-state index contributed by atoms with van der Waals surface area (Å²) in [6.07, 6.45) is 3.94. The minimum absolute atomic E-state index is 0.0438. The molecular weight excluding hydrogens is 518 g/mol. The quantitative estimate of drug-likeness (QED) is 0.390. The Labute approximate surface area is 218 Å². The van der Waals surface area contributed by atoms with Crippen LogP contribution >= 0.6 is 0 Å². The average molecular weight is 539 g/mol. The van der Waals surface area contributed by atoms with Crippen LogP contribution in [0, 0.1) is 0 Å². The van der Waals surface area contributed by atoms with Gasteiger partial charge in [0.15, 0.2) is 0 Å². The number of aromatic nitrogens is 5. The van der Waals surface area contributed by atoms with Crippen molar-refractivity contribution in [2.24, 2.45) is 5.73 Å². The molecule has 0 radical (unpaired) electrons. The minimum Gasteiger partial charge on any atom is -0.434 e. The number of rotatable bonds is 4. The van der Waals surface area contributed by atoms with Crippen molar-refractivity contribution in [2.45, 2.75) is 49.3 Å². The Bertz CT molecular complexity index is 1650. The van der Waals surface area contributed by atoms with Crippen molar-refractivity contribution in [1.82, 2.24) is 29.5 Å². The third-order valence-corrected chi connectivity index (χ3v) is 7.91. The number of carbonyl (C=O) groups excluding carboxylic acids is 1. The van der Waals surface area contributed by atoms with E-state index in [0.29, 0.717) is 40.0 Å². The molecule has 1 fully saturated rings. The molecule has 2 N–H and O–H groups in total. The number of nitrogens with zero attached hydrogens (tertiary/aromatic N) is 6. The van der Waals surface area contributed by atoms with Crippen LogP contribution in [-0.2, 0) is 5.54 Å². The molecule has 2 aliphatic carbocycles. The van der Waals surface area contributed by atoms with Crippen molar-refractivity contribution in [2.75, 3.05) is 7.05 Å². The molecule has 200 valence electrons. The molecule has 1 saturated carbocycles. The summed E-state index contributed by atoms with van der Waals surface area (Å²) in [5, 5.41) is 4.69. The standard InChI is InChI=1S/C26H21F4N7O2/c1-36-17-5-14(19-13(22(36)38)3-2-4-18(19)39-24(27)28)20-16-6-15(34-11-37(16)35-21(17)20)12-7-32-23(33-8-12)25(31)9-26(29,30)10-25/h2-4,6-8,11,14,17,24H,5,9-10,31H2,1H3/t14-,17-/m1/s1. The molecule has 3 aromatic heterocycles. The number of benzene rings is 1. The molecule has 1 aromatic carbocycles. The number of alkyl halides is 4. The summed E-state index contributed by atoms with van der Waals surface area (Å²) >= 11 is 0. The average Bonchev–Trinajstić information content (AvgIpc) is 3.40. The Morgan fingerprint density at radius 1 is 1.13 bits per heavy atom. The van der Waals surface area contributed by atoms with E-state index in [0.717, 1.165) is 5.56 Å². The fraction of sp³-hybridized carbons (Fsp3) is 0.346. The van der Waals surface area contributed by atoms with Crippen molar-refractivity contribution < 1.29 is 27.1 Å². The Kier molecular flexibility index (Phi) is 4.88. The number of ether oxygens (including phenoxy) is 1. The van der Waals surface area contributed by atoms with Gasteiger partial charge in [-0.25, -0.2) is 28.2 Å². The molecule has 39 heavy (non-hydrogen) atoms. The molecule has 2 atom stereocenters. The first-order chi connectivity index (χ1) is 18.5. The van der Waals surface area contributed by atoms with Crippen LogP contribution in [0.5, 0.6) is 5.75 Å². The molecule has 0 spiro atoms. The predicted octanol–water partition coefficient (Wildman–Crippen LogP) is 4.03. The van der Waals surface area contributed by atoms with Crippen molar-refractivity contribution in [3.63, 3.8) is 0 Å². The summed E-state index contributed by atoms with van der Waals surface area (Å²) in [6, 6.07) is 6.01. The zero-order chi connectivity index (χ0) is 27.3. The number of hydrogen-bond donors (Lipinski definition) is 1. The molecule has 0 unspecified atom stereocenters. The van der Waals surface area contributed by atoms with E-state index < -0.39 is 36.8 Å². The Balaban J connectivity index is 1.33. The Hall–Kier alpha value is -4.13. The van der Waals surface area contributed by atoms with Crippen LogP contribution in [0.3, 0.4) is 0 Å². The second-order valence-electron chi connectivity index (χ2n) is 10.4. The number of nitrogens with two attached hydrogens (primary N) is 1. The highest BCUT2D eigenvalue weighted by molar-refractivity contribution is 5.98. The maximum absolute atomic E-state index is 13.4. The first kappa shape index (κ1) is 23.9. The number of halogens is 4. The van der Waals surface area contributed by atoms with Crippen LogP contribution in [0.25, 0.3) is 16.8 Å². The first-order valence-corrected chi connectivity index (χ1v) is 12.3. The van der Waals surface area contributed by atoms with Gasteiger partial charge in [-0.3, -0.25) is 4.79 Å². The number of amides is 1. The van der Waals surface area contributed by atoms with E-state index in [-0.39, 0.29) is 23.5 Å². The van der Waals surface area contributed by atoms with Gasteiger partial charge in [0, 0.05) is 60.5 Å². The molecule has 3 aliphatic rings. The largest absolute Gasteiger partial charge is 0.434 e. The van der Waals surface area contributed by atoms with Gasteiger partial charge >= 0.3 is 6.61 Å². The molecule has 7 rings (SSSR count). The lowest BCUT2D eigenvalue weighted by molar-refractivity contribution is -0.127. The van der Waals surface area contributed by atoms with E-state index >= 15 is 0 Å². The lowest BCUT2D eigenvalue weighted by Gasteiger charge is -2.42. The Morgan fingerprint density at radius 3 is 2.56 bits per heavy atom. The maximum Gasteiger partial charge on any atom is 0.387 e. The third kappa shape index (κ3) is 3.52. The lowest BCUT2D eigenvalue weighted by atomic mass is 9.73. The van der Waals surface area contributed by atoms with Gasteiger partial charge in [0.2, 0.25) is 0 Å². The van der Waals surface area contributed by atoms with Crippen LogP contribution in [0.15, 0.2) is 43.0 Å². The highest BCUT2D eigenvalue weighted by Gasteiger charge is 2.57. The zero-order valence-corrected chi connectivity index (χ0v) is 20.5. The summed E-state index contributed by atoms with van der Waals surface area (Å²) < 4.78 is 59.9. The highest BCUT2D eigenvalue weighted by atomic mass is 19.3. The van der Waals surface area contributed by atoms with Gasteiger partial charge in [-0.05, 0) is 24.6 Å². The van der Waals surface area contributed by atoms with Crippen molar-refractivity contribution >= 4 is 11.4 Å². The summed E-state index contributed by atoms with van der Waals surface area (Å²) in [7, 11) is 1.67. The fourth-order valence-electron chi connectivity index (χ4n) is 6.18. The molecule has 13 heteroatoms. The van der Waals surface area contributed by atoms with E-state index in [1.807, 2.05) is 0 Å². The van der Waals surface area contributed by atoms with Gasteiger partial charge in [-0.15, -0.1) is 0 Å². The molecule has 4 heterocycles. The number of hydrogen-bond acceptors (Lipinski definition) is 7. The predicted molar refractivity (Wildman–Crippen MR) is 128 cm³/mol. The van der Waals surface area contributed by atoms with E-state index in [1.165, 1.54) is 30.9 Å². The van der Waals surface area contributed by atoms with Crippen LogP contribution in [0.2, 0.25) is 0 Å². The zero-order valence-electron chi connectivity index (χ0n) is 20.5. The lowest BCUT2D eigenvalue weighted by Crippen LogP contribution is -2.56. The van der Waals surface area contributed by atoms with Crippen molar-refractivity contribution in [3.05, 3.63) is 71.2 Å². The SMILES string of the molecule is CN1C(=O)c2cccc(OC(F)F)c2[C@H]2C[C@@H]1c1nn3cnc(-c4cnc(C5(N)CC(F)(F)C5)nc4)cc3c12. The molecule has 1 amide bonds. The minimum atomic E-state index is -3.05. The van der Waals surface area contributed by atoms with Crippen molar-refractivity contribution in [1.29, 1.82) is 0 Å². The van der Waals surface area contributed by atoms with Crippen molar-refractivity contribution in [3.8, 4) is 17.0 Å². The van der Waals surface area contributed by atoms with Crippen LogP contribution in [0.1, 0.15) is 64.2 Å². The second-order valence-corrected chi connectivity index (χ2v) is 10.4. The summed E-state index contributed by atoms with van der Waals surface area (Å²) in [4.78, 5) is 27.8. The summed E-state index contributed by atoms with van der Waals surface area (Å²) in [6.45, 7) is -3.05. The normalized spacial score (nSPS) is 22.4. The van der Waals surface area contributed by atoms with E-state index in [1.54, 1.807) is 28.6 Å². The third-order valence-electron chi connectivity index (χ3n) is 7.91. The fourth-order valence-corrected chi connectivity index (χ4v) is 6.18. The smallest absolute Gasteiger partial charge is 0.387 e. The van der Waals surface area contributed by atoms with Gasteiger partial charge in [-0.2, -0.15) is 13.9 Å². The van der Waals surface area contributed by atoms with Gasteiger partial charge in [0.1, 0.15) is 17.9 Å². The first-order valence-electron chi connectivity index (χ1n) is 12.3. The van der Waals surface area contributed by atoms with Crippen LogP contribution in [-0.4, -0.2) is 55.0 Å². The second kappa shape index (κ2) is 7.94. The van der Waals surface area contributed by atoms with Gasteiger partial charge in [0.25, 0.3) is 11.8 Å². The van der Waals surface area contributed by atoms with E-state index in [9.17, 15) is 22.4 Å².